The van der Waals surface area contributed by atoms with E-state index < -0.39 is 0 Å². The average Bonchev–Trinajstić information content (AvgIpc) is 2.85. The normalized spacial score (nSPS) is 10.9. The van der Waals surface area contributed by atoms with Crippen LogP contribution < -0.4 is 4.74 Å². The van der Waals surface area contributed by atoms with Crippen LogP contribution in [0.25, 0.3) is 5.78 Å². The van der Waals surface area contributed by atoms with Gasteiger partial charge >= 0.3 is 0 Å². The summed E-state index contributed by atoms with van der Waals surface area (Å²) in [5, 5.41) is 4.44. The summed E-state index contributed by atoms with van der Waals surface area (Å²) in [6.45, 7) is 1.82. The van der Waals surface area contributed by atoms with Crippen LogP contribution >= 0.6 is 27.5 Å². The lowest BCUT2D eigenvalue weighted by Gasteiger charge is -2.10. The van der Waals surface area contributed by atoms with Crippen molar-refractivity contribution >= 4 is 33.3 Å². The molecule has 0 aliphatic heterocycles. The Morgan fingerprint density at radius 3 is 2.74 bits per heavy atom. The summed E-state index contributed by atoms with van der Waals surface area (Å²) in [7, 11) is 0. The predicted molar refractivity (Wildman–Crippen MR) is 74.7 cm³/mol. The van der Waals surface area contributed by atoms with E-state index in [2.05, 4.69) is 31.0 Å². The van der Waals surface area contributed by atoms with E-state index in [0.717, 1.165) is 4.47 Å². The van der Waals surface area contributed by atoms with Crippen molar-refractivity contribution in [3.8, 4) is 11.6 Å². The molecule has 0 radical (unpaired) electrons. The first-order chi connectivity index (χ1) is 9.15. The molecule has 0 unspecified atom stereocenters. The fourth-order valence-electron chi connectivity index (χ4n) is 1.61. The molecule has 0 N–H and O–H groups in total. The zero-order valence-corrected chi connectivity index (χ0v) is 12.2. The molecule has 0 saturated carbocycles. The zero-order chi connectivity index (χ0) is 13.4. The second-order valence-corrected chi connectivity index (χ2v) is 5.13. The summed E-state index contributed by atoms with van der Waals surface area (Å²) < 4.78 is 8.33. The van der Waals surface area contributed by atoms with Crippen LogP contribution in [0.3, 0.4) is 0 Å². The van der Waals surface area contributed by atoms with Gasteiger partial charge in [0.2, 0.25) is 5.88 Å². The number of halogens is 2. The van der Waals surface area contributed by atoms with Crippen molar-refractivity contribution in [1.29, 1.82) is 0 Å². The standard InChI is InChI=1S/C12H8BrClN4O/c1-7-10(14)17-12-15-6-16-18(12)11(7)19-9-4-2-8(13)3-5-9/h2-6H,1H3. The maximum absolute atomic E-state index is 6.06. The Morgan fingerprint density at radius 1 is 1.26 bits per heavy atom. The van der Waals surface area contributed by atoms with Gasteiger partial charge in [0.25, 0.3) is 5.78 Å². The molecule has 0 aliphatic carbocycles. The molecule has 96 valence electrons. The van der Waals surface area contributed by atoms with Crippen molar-refractivity contribution in [1.82, 2.24) is 19.6 Å². The molecule has 0 aliphatic rings. The number of ether oxygens (including phenoxy) is 1. The highest BCUT2D eigenvalue weighted by molar-refractivity contribution is 9.10. The van der Waals surface area contributed by atoms with E-state index in [0.29, 0.717) is 28.1 Å². The summed E-state index contributed by atoms with van der Waals surface area (Å²) in [4.78, 5) is 8.12. The van der Waals surface area contributed by atoms with Gasteiger partial charge in [-0.05, 0) is 31.2 Å². The second-order valence-electron chi connectivity index (χ2n) is 3.86. The number of hydrogen-bond donors (Lipinski definition) is 0. The van der Waals surface area contributed by atoms with Gasteiger partial charge in [0.1, 0.15) is 17.2 Å². The zero-order valence-electron chi connectivity index (χ0n) is 9.84. The van der Waals surface area contributed by atoms with Gasteiger partial charge in [-0.15, -0.1) is 0 Å². The summed E-state index contributed by atoms with van der Waals surface area (Å²) >= 11 is 9.44. The first-order valence-corrected chi connectivity index (χ1v) is 6.61. The van der Waals surface area contributed by atoms with Gasteiger partial charge < -0.3 is 4.74 Å². The third-order valence-corrected chi connectivity index (χ3v) is 3.48. The SMILES string of the molecule is Cc1c(Cl)nc2ncnn2c1Oc1ccc(Br)cc1. The van der Waals surface area contributed by atoms with Crippen molar-refractivity contribution in [3.63, 3.8) is 0 Å². The van der Waals surface area contributed by atoms with Crippen molar-refractivity contribution in [3.05, 3.63) is 45.8 Å². The molecule has 0 bridgehead atoms. The Hall–Kier alpha value is -1.66. The quantitative estimate of drug-likeness (QED) is 0.669. The van der Waals surface area contributed by atoms with Gasteiger partial charge in [-0.1, -0.05) is 27.5 Å². The highest BCUT2D eigenvalue weighted by Gasteiger charge is 2.14. The van der Waals surface area contributed by atoms with Crippen LogP contribution in [0.15, 0.2) is 35.1 Å². The van der Waals surface area contributed by atoms with Crippen molar-refractivity contribution in [2.45, 2.75) is 6.92 Å². The third kappa shape index (κ3) is 2.29. The Kier molecular flexibility index (Phi) is 3.12. The van der Waals surface area contributed by atoms with Gasteiger partial charge in [0, 0.05) is 10.0 Å². The highest BCUT2D eigenvalue weighted by Crippen LogP contribution is 2.29. The predicted octanol–water partition coefficient (Wildman–Crippen LogP) is 3.64. The Balaban J connectivity index is 2.11. The summed E-state index contributed by atoms with van der Waals surface area (Å²) in [5.41, 5.74) is 0.711. The summed E-state index contributed by atoms with van der Waals surface area (Å²) in [6.07, 6.45) is 1.41. The smallest absolute Gasteiger partial charge is 0.256 e. The van der Waals surface area contributed by atoms with E-state index in [9.17, 15) is 0 Å². The van der Waals surface area contributed by atoms with E-state index in [1.165, 1.54) is 10.8 Å². The number of rotatable bonds is 2. The van der Waals surface area contributed by atoms with Crippen LogP contribution in [0.2, 0.25) is 5.15 Å². The van der Waals surface area contributed by atoms with Gasteiger partial charge in [-0.2, -0.15) is 19.6 Å². The van der Waals surface area contributed by atoms with Crippen molar-refractivity contribution in [2.75, 3.05) is 0 Å². The largest absolute Gasteiger partial charge is 0.438 e. The maximum atomic E-state index is 6.06. The van der Waals surface area contributed by atoms with Crippen molar-refractivity contribution < 1.29 is 4.74 Å². The van der Waals surface area contributed by atoms with E-state index in [1.807, 2.05) is 31.2 Å². The van der Waals surface area contributed by atoms with Crippen LogP contribution in [0.1, 0.15) is 5.56 Å². The lowest BCUT2D eigenvalue weighted by atomic mass is 10.3. The molecule has 5 nitrogen and oxygen atoms in total. The minimum absolute atomic E-state index is 0.354. The lowest BCUT2D eigenvalue weighted by Crippen LogP contribution is -2.01. The summed E-state index contributed by atoms with van der Waals surface area (Å²) in [6, 6.07) is 7.49. The molecule has 0 amide bonds. The van der Waals surface area contributed by atoms with E-state index >= 15 is 0 Å². The fourth-order valence-corrected chi connectivity index (χ4v) is 2.03. The molecule has 0 atom stereocenters. The number of benzene rings is 1. The molecule has 3 rings (SSSR count). The molecule has 1 aromatic carbocycles. The number of aromatic nitrogens is 4. The second kappa shape index (κ2) is 4.79. The van der Waals surface area contributed by atoms with Gasteiger partial charge in [0.05, 0.1) is 0 Å². The maximum Gasteiger partial charge on any atom is 0.256 e. The van der Waals surface area contributed by atoms with Crippen LogP contribution in [-0.4, -0.2) is 19.6 Å². The molecular weight excluding hydrogens is 332 g/mol. The third-order valence-electron chi connectivity index (χ3n) is 2.58. The minimum Gasteiger partial charge on any atom is -0.438 e. The fraction of sp³-hybridized carbons (Fsp3) is 0.0833. The number of fused-ring (bicyclic) bond motifs is 1. The Bertz CT molecular complexity index is 741. The van der Waals surface area contributed by atoms with Crippen LogP contribution in [0.4, 0.5) is 0 Å². The van der Waals surface area contributed by atoms with Gasteiger partial charge in [-0.3, -0.25) is 0 Å². The molecule has 0 fully saturated rings. The van der Waals surface area contributed by atoms with E-state index in [1.54, 1.807) is 0 Å². The molecule has 19 heavy (non-hydrogen) atoms. The van der Waals surface area contributed by atoms with Crippen molar-refractivity contribution in [2.24, 2.45) is 0 Å². The first kappa shape index (κ1) is 12.4. The molecule has 0 spiro atoms. The molecule has 2 heterocycles. The highest BCUT2D eigenvalue weighted by atomic mass is 79.9. The van der Waals surface area contributed by atoms with Crippen LogP contribution in [0.5, 0.6) is 11.6 Å². The Morgan fingerprint density at radius 2 is 2.00 bits per heavy atom. The molecule has 2 aromatic heterocycles. The van der Waals surface area contributed by atoms with Crippen LogP contribution in [0, 0.1) is 6.92 Å². The van der Waals surface area contributed by atoms with Crippen LogP contribution in [-0.2, 0) is 0 Å². The average molecular weight is 340 g/mol. The summed E-state index contributed by atoms with van der Waals surface area (Å²) in [5.74, 6) is 1.60. The molecular formula is C12H8BrClN4O. The van der Waals surface area contributed by atoms with Gasteiger partial charge in [-0.25, -0.2) is 0 Å². The molecule has 0 saturated heterocycles. The molecule has 3 aromatic rings. The topological polar surface area (TPSA) is 52.3 Å². The lowest BCUT2D eigenvalue weighted by molar-refractivity contribution is 0.442. The number of hydrogen-bond acceptors (Lipinski definition) is 4. The minimum atomic E-state index is 0.354. The molecule has 7 heteroatoms. The first-order valence-electron chi connectivity index (χ1n) is 5.44. The number of nitrogens with zero attached hydrogens (tertiary/aromatic N) is 4. The monoisotopic (exact) mass is 338 g/mol. The van der Waals surface area contributed by atoms with E-state index in [-0.39, 0.29) is 0 Å². The Labute approximate surface area is 122 Å². The van der Waals surface area contributed by atoms with E-state index in [4.69, 9.17) is 16.3 Å². The van der Waals surface area contributed by atoms with Gasteiger partial charge in [0.15, 0.2) is 0 Å².